The van der Waals surface area contributed by atoms with E-state index >= 15 is 0 Å². The minimum Gasteiger partial charge on any atom is -0.417 e. The minimum atomic E-state index is -2.71. The molecule has 0 unspecified atom stereocenters. The van der Waals surface area contributed by atoms with Gasteiger partial charge in [0.15, 0.2) is 0 Å². The second-order valence-electron chi connectivity index (χ2n) is 2.78. The lowest BCUT2D eigenvalue weighted by atomic mass is 10.2. The van der Waals surface area contributed by atoms with Gasteiger partial charge in [-0.3, -0.25) is 0 Å². The van der Waals surface area contributed by atoms with Crippen LogP contribution in [0, 0.1) is 0 Å². The average Bonchev–Trinajstić information content (AvgIpc) is 2.75. The lowest BCUT2D eigenvalue weighted by Gasteiger charge is -2.01. The highest BCUT2D eigenvalue weighted by Crippen LogP contribution is 2.28. The molecule has 1 aliphatic heterocycles. The Morgan fingerprint density at radius 1 is 1.38 bits per heavy atom. The number of hydrogen-bond acceptors (Lipinski definition) is 4. The predicted octanol–water partition coefficient (Wildman–Crippen LogP) is 1.86. The van der Waals surface area contributed by atoms with Crippen LogP contribution in [0.4, 0.5) is 8.78 Å². The van der Waals surface area contributed by atoms with Crippen LogP contribution in [0.25, 0.3) is 0 Å². The van der Waals surface area contributed by atoms with Gasteiger partial charge in [0.1, 0.15) is 6.10 Å². The van der Waals surface area contributed by atoms with Crippen molar-refractivity contribution in [1.82, 2.24) is 10.2 Å². The molecule has 1 atom stereocenters. The summed E-state index contributed by atoms with van der Waals surface area (Å²) in [5, 5.41) is 6.71. The molecular formula is C7H8F2N2O2. The van der Waals surface area contributed by atoms with E-state index in [1.165, 1.54) is 0 Å². The largest absolute Gasteiger partial charge is 0.417 e. The third-order valence-corrected chi connectivity index (χ3v) is 1.85. The van der Waals surface area contributed by atoms with Crippen molar-refractivity contribution in [3.8, 4) is 0 Å². The number of hydrogen-bond donors (Lipinski definition) is 0. The number of nitrogens with zero attached hydrogens (tertiary/aromatic N) is 2. The zero-order valence-electron chi connectivity index (χ0n) is 6.74. The van der Waals surface area contributed by atoms with Crippen molar-refractivity contribution >= 4 is 0 Å². The molecule has 2 heterocycles. The molecule has 0 saturated carbocycles. The van der Waals surface area contributed by atoms with Gasteiger partial charge in [0.05, 0.1) is 0 Å². The summed E-state index contributed by atoms with van der Waals surface area (Å²) in [6, 6.07) is 0. The first-order chi connectivity index (χ1) is 6.27. The second-order valence-corrected chi connectivity index (χ2v) is 2.78. The Balaban J connectivity index is 2.12. The monoisotopic (exact) mass is 190 g/mol. The Kier molecular flexibility index (Phi) is 2.22. The minimum absolute atomic E-state index is 0.160. The van der Waals surface area contributed by atoms with Crippen LogP contribution >= 0.6 is 0 Å². The Labute approximate surface area is 72.9 Å². The highest BCUT2D eigenvalue weighted by Gasteiger charge is 2.25. The lowest BCUT2D eigenvalue weighted by molar-refractivity contribution is 0.0757. The first kappa shape index (κ1) is 8.55. The Morgan fingerprint density at radius 3 is 2.77 bits per heavy atom. The first-order valence-corrected chi connectivity index (χ1v) is 4.00. The summed E-state index contributed by atoms with van der Waals surface area (Å²) in [6.45, 7) is 0.622. The van der Waals surface area contributed by atoms with E-state index in [2.05, 4.69) is 10.2 Å². The Morgan fingerprint density at radius 2 is 2.23 bits per heavy atom. The van der Waals surface area contributed by atoms with E-state index in [9.17, 15) is 8.78 Å². The molecule has 0 radical (unpaired) electrons. The van der Waals surface area contributed by atoms with Crippen molar-refractivity contribution < 1.29 is 17.9 Å². The topological polar surface area (TPSA) is 48.2 Å². The molecule has 0 aromatic carbocycles. The zero-order chi connectivity index (χ0) is 9.26. The van der Waals surface area contributed by atoms with Gasteiger partial charge in [-0.2, -0.15) is 8.78 Å². The van der Waals surface area contributed by atoms with Gasteiger partial charge in [0.25, 0.3) is 5.89 Å². The van der Waals surface area contributed by atoms with Gasteiger partial charge in [-0.1, -0.05) is 0 Å². The fourth-order valence-corrected chi connectivity index (χ4v) is 1.24. The lowest BCUT2D eigenvalue weighted by Crippen LogP contribution is -1.95. The third kappa shape index (κ3) is 1.67. The maximum absolute atomic E-state index is 12.0. The molecule has 1 saturated heterocycles. The molecule has 0 amide bonds. The molecule has 6 heteroatoms. The van der Waals surface area contributed by atoms with Crippen LogP contribution in [0.3, 0.4) is 0 Å². The van der Waals surface area contributed by atoms with E-state index in [0.717, 1.165) is 12.8 Å². The fraction of sp³-hybridized carbons (Fsp3) is 0.714. The summed E-state index contributed by atoms with van der Waals surface area (Å²) < 4.78 is 34.0. The van der Waals surface area contributed by atoms with Gasteiger partial charge in [-0.25, -0.2) is 0 Å². The van der Waals surface area contributed by atoms with Crippen LogP contribution in [0.1, 0.15) is 37.2 Å². The van der Waals surface area contributed by atoms with Crippen molar-refractivity contribution in [1.29, 1.82) is 0 Å². The van der Waals surface area contributed by atoms with E-state index in [0.29, 0.717) is 6.61 Å². The molecule has 0 bridgehead atoms. The van der Waals surface area contributed by atoms with Crippen LogP contribution in [0.5, 0.6) is 0 Å². The van der Waals surface area contributed by atoms with E-state index in [-0.39, 0.29) is 12.0 Å². The fourth-order valence-electron chi connectivity index (χ4n) is 1.24. The first-order valence-electron chi connectivity index (χ1n) is 4.00. The maximum atomic E-state index is 12.0. The molecule has 4 nitrogen and oxygen atoms in total. The highest BCUT2D eigenvalue weighted by molar-refractivity contribution is 4.89. The average molecular weight is 190 g/mol. The van der Waals surface area contributed by atoms with Crippen LogP contribution in [0.15, 0.2) is 4.42 Å². The quantitative estimate of drug-likeness (QED) is 0.714. The summed E-state index contributed by atoms with van der Waals surface area (Å²) in [6.07, 6.45) is -1.34. The molecule has 0 N–H and O–H groups in total. The number of rotatable bonds is 2. The second kappa shape index (κ2) is 3.37. The number of alkyl halides is 2. The van der Waals surface area contributed by atoms with E-state index in [4.69, 9.17) is 9.15 Å². The molecule has 2 rings (SSSR count). The van der Waals surface area contributed by atoms with E-state index < -0.39 is 12.3 Å². The van der Waals surface area contributed by atoms with E-state index in [1.807, 2.05) is 0 Å². The third-order valence-electron chi connectivity index (χ3n) is 1.85. The number of aromatic nitrogens is 2. The zero-order valence-corrected chi connectivity index (χ0v) is 6.74. The summed E-state index contributed by atoms with van der Waals surface area (Å²) >= 11 is 0. The van der Waals surface area contributed by atoms with Gasteiger partial charge >= 0.3 is 6.43 Å². The van der Waals surface area contributed by atoms with Gasteiger partial charge < -0.3 is 9.15 Å². The van der Waals surface area contributed by atoms with E-state index in [1.54, 1.807) is 0 Å². The molecule has 1 aromatic rings. The Hall–Kier alpha value is -1.04. The molecule has 13 heavy (non-hydrogen) atoms. The molecule has 72 valence electrons. The van der Waals surface area contributed by atoms with Gasteiger partial charge in [0, 0.05) is 6.61 Å². The molecule has 1 fully saturated rings. The predicted molar refractivity (Wildman–Crippen MR) is 37.2 cm³/mol. The number of ether oxygens (including phenoxy) is 1. The summed E-state index contributed by atoms with van der Waals surface area (Å²) in [5.41, 5.74) is 0. The van der Waals surface area contributed by atoms with Crippen molar-refractivity contribution in [3.63, 3.8) is 0 Å². The highest BCUT2D eigenvalue weighted by atomic mass is 19.3. The normalized spacial score (nSPS) is 22.8. The van der Waals surface area contributed by atoms with Gasteiger partial charge in [-0.15, -0.1) is 10.2 Å². The van der Waals surface area contributed by atoms with Crippen molar-refractivity contribution in [2.24, 2.45) is 0 Å². The standard InChI is InChI=1S/C7H8F2N2O2/c8-5(9)7-11-10-6(13-7)4-2-1-3-12-4/h4-5H,1-3H2/t4-/m0/s1. The number of halogens is 2. The van der Waals surface area contributed by atoms with Crippen LogP contribution in [-0.2, 0) is 4.74 Å². The molecule has 1 aliphatic rings. The van der Waals surface area contributed by atoms with Crippen LogP contribution in [0.2, 0.25) is 0 Å². The Bertz CT molecular complexity index is 284. The summed E-state index contributed by atoms with van der Waals surface area (Å²) in [5.74, 6) is -0.474. The molecule has 0 aliphatic carbocycles. The SMILES string of the molecule is FC(F)c1nnc([C@@H]2CCCO2)o1. The van der Waals surface area contributed by atoms with Crippen molar-refractivity contribution in [3.05, 3.63) is 11.8 Å². The molecular weight excluding hydrogens is 182 g/mol. The molecule has 1 aromatic heterocycles. The summed E-state index contributed by atoms with van der Waals surface area (Å²) in [4.78, 5) is 0. The van der Waals surface area contributed by atoms with Crippen LogP contribution < -0.4 is 0 Å². The van der Waals surface area contributed by atoms with Crippen molar-refractivity contribution in [2.75, 3.05) is 6.61 Å². The molecule has 0 spiro atoms. The summed E-state index contributed by atoms with van der Waals surface area (Å²) in [7, 11) is 0. The van der Waals surface area contributed by atoms with Crippen molar-refractivity contribution in [2.45, 2.75) is 25.4 Å². The smallest absolute Gasteiger partial charge is 0.314 e. The van der Waals surface area contributed by atoms with Gasteiger partial charge in [0.2, 0.25) is 5.89 Å². The maximum Gasteiger partial charge on any atom is 0.314 e. The van der Waals surface area contributed by atoms with Gasteiger partial charge in [-0.05, 0) is 12.8 Å². The van der Waals surface area contributed by atoms with Crippen LogP contribution in [-0.4, -0.2) is 16.8 Å².